The maximum atomic E-state index is 11.6. The molecule has 6 nitrogen and oxygen atoms in total. The van der Waals surface area contributed by atoms with Crippen LogP contribution in [0.1, 0.15) is 33.0 Å². The maximum absolute atomic E-state index is 11.6. The fourth-order valence-electron chi connectivity index (χ4n) is 1.50. The van der Waals surface area contributed by atoms with Gasteiger partial charge in [0.15, 0.2) is 0 Å². The molecule has 0 saturated carbocycles. The Morgan fingerprint density at radius 1 is 1.41 bits per heavy atom. The minimum absolute atomic E-state index is 0.150. The standard InChI is InChI=1S/C16H21NO5/c1-16(2,3)22-15(20)17-13(14(18)19)10-6-4-5-8-12-9-7-11-21-12/h4-9,11,13H,10H2,1-3H3,(H,17,20)(H,18,19)/t13-/m0/s1. The molecule has 2 N–H and O–H groups in total. The summed E-state index contributed by atoms with van der Waals surface area (Å²) in [5.41, 5.74) is -0.672. The van der Waals surface area contributed by atoms with E-state index in [1.807, 2.05) is 0 Å². The van der Waals surface area contributed by atoms with Crippen LogP contribution in [0.15, 0.2) is 41.0 Å². The number of aliphatic carboxylic acids is 1. The van der Waals surface area contributed by atoms with Crippen molar-refractivity contribution < 1.29 is 23.8 Å². The molecule has 0 aromatic carbocycles. The molecule has 1 atom stereocenters. The molecule has 0 spiro atoms. The minimum Gasteiger partial charge on any atom is -0.480 e. The molecule has 1 aromatic heterocycles. The zero-order valence-corrected chi connectivity index (χ0v) is 12.9. The number of carbonyl (C=O) groups is 2. The summed E-state index contributed by atoms with van der Waals surface area (Å²) in [6, 6.07) is 2.53. The first kappa shape index (κ1) is 17.6. The lowest BCUT2D eigenvalue weighted by molar-refractivity contribution is -0.139. The molecule has 0 saturated heterocycles. The first-order valence-electron chi connectivity index (χ1n) is 6.87. The van der Waals surface area contributed by atoms with Gasteiger partial charge < -0.3 is 19.6 Å². The molecular weight excluding hydrogens is 286 g/mol. The lowest BCUT2D eigenvalue weighted by Gasteiger charge is -2.21. The number of rotatable bonds is 6. The van der Waals surface area contributed by atoms with Gasteiger partial charge in [-0.25, -0.2) is 9.59 Å². The first-order chi connectivity index (χ1) is 10.3. The van der Waals surface area contributed by atoms with Gasteiger partial charge in [-0.3, -0.25) is 0 Å². The summed E-state index contributed by atoms with van der Waals surface area (Å²) in [7, 11) is 0. The summed E-state index contributed by atoms with van der Waals surface area (Å²) in [5.74, 6) is -0.420. The second-order valence-electron chi connectivity index (χ2n) is 5.58. The second kappa shape index (κ2) is 8.07. The van der Waals surface area contributed by atoms with E-state index in [0.29, 0.717) is 5.76 Å². The summed E-state index contributed by atoms with van der Waals surface area (Å²) in [6.45, 7) is 5.13. The zero-order chi connectivity index (χ0) is 16.6. The van der Waals surface area contributed by atoms with Crippen LogP contribution in [0.25, 0.3) is 6.08 Å². The molecule has 1 heterocycles. The average Bonchev–Trinajstić information content (AvgIpc) is 2.87. The van der Waals surface area contributed by atoms with Gasteiger partial charge in [-0.2, -0.15) is 0 Å². The van der Waals surface area contributed by atoms with Gasteiger partial charge >= 0.3 is 12.1 Å². The van der Waals surface area contributed by atoms with Crippen LogP contribution >= 0.6 is 0 Å². The van der Waals surface area contributed by atoms with E-state index in [9.17, 15) is 9.59 Å². The Labute approximate surface area is 129 Å². The molecule has 1 aromatic rings. The Kier molecular flexibility index (Phi) is 6.44. The van der Waals surface area contributed by atoms with Gasteiger partial charge in [0, 0.05) is 0 Å². The largest absolute Gasteiger partial charge is 0.480 e. The highest BCUT2D eigenvalue weighted by atomic mass is 16.6. The molecule has 1 amide bonds. The molecule has 0 aliphatic heterocycles. The van der Waals surface area contributed by atoms with Gasteiger partial charge in [0.05, 0.1) is 6.26 Å². The van der Waals surface area contributed by atoms with Crippen molar-refractivity contribution in [1.29, 1.82) is 0 Å². The van der Waals surface area contributed by atoms with E-state index in [0.717, 1.165) is 0 Å². The smallest absolute Gasteiger partial charge is 0.408 e. The fourth-order valence-corrected chi connectivity index (χ4v) is 1.50. The number of furan rings is 1. The van der Waals surface area contributed by atoms with E-state index < -0.39 is 23.7 Å². The van der Waals surface area contributed by atoms with Crippen molar-refractivity contribution in [1.82, 2.24) is 5.32 Å². The second-order valence-corrected chi connectivity index (χ2v) is 5.58. The molecule has 6 heteroatoms. The number of nitrogens with one attached hydrogen (secondary N) is 1. The van der Waals surface area contributed by atoms with Crippen LogP contribution in [-0.2, 0) is 9.53 Å². The zero-order valence-electron chi connectivity index (χ0n) is 12.9. The molecule has 0 fully saturated rings. The quantitative estimate of drug-likeness (QED) is 0.788. The Balaban J connectivity index is 2.47. The molecule has 0 radical (unpaired) electrons. The highest BCUT2D eigenvalue weighted by Crippen LogP contribution is 2.07. The van der Waals surface area contributed by atoms with Crippen molar-refractivity contribution in [2.24, 2.45) is 0 Å². The summed E-state index contributed by atoms with van der Waals surface area (Å²) < 4.78 is 10.1. The number of hydrogen-bond acceptors (Lipinski definition) is 4. The lowest BCUT2D eigenvalue weighted by Crippen LogP contribution is -2.43. The average molecular weight is 307 g/mol. The number of carboxylic acid groups (broad SMARTS) is 1. The predicted octanol–water partition coefficient (Wildman–Crippen LogP) is 3.22. The van der Waals surface area contributed by atoms with E-state index in [1.165, 1.54) is 0 Å². The van der Waals surface area contributed by atoms with Crippen molar-refractivity contribution in [3.8, 4) is 0 Å². The Hall–Kier alpha value is -2.50. The summed E-state index contributed by atoms with van der Waals surface area (Å²) >= 11 is 0. The summed E-state index contributed by atoms with van der Waals surface area (Å²) in [5, 5.41) is 11.4. The monoisotopic (exact) mass is 307 g/mol. The Morgan fingerprint density at radius 3 is 2.68 bits per heavy atom. The highest BCUT2D eigenvalue weighted by Gasteiger charge is 2.22. The van der Waals surface area contributed by atoms with Crippen LogP contribution in [0.3, 0.4) is 0 Å². The third kappa shape index (κ3) is 7.33. The van der Waals surface area contributed by atoms with E-state index in [-0.39, 0.29) is 6.42 Å². The van der Waals surface area contributed by atoms with Crippen LogP contribution in [0.5, 0.6) is 0 Å². The van der Waals surface area contributed by atoms with E-state index in [1.54, 1.807) is 63.5 Å². The fraction of sp³-hybridized carbons (Fsp3) is 0.375. The number of carboxylic acids is 1. The number of ether oxygens (including phenoxy) is 1. The molecule has 0 aliphatic carbocycles. The van der Waals surface area contributed by atoms with Gasteiger partial charge in [0.2, 0.25) is 0 Å². The van der Waals surface area contributed by atoms with E-state index >= 15 is 0 Å². The number of carbonyl (C=O) groups excluding carboxylic acids is 1. The van der Waals surface area contributed by atoms with Gasteiger partial charge in [-0.15, -0.1) is 0 Å². The summed E-state index contributed by atoms with van der Waals surface area (Å²) in [4.78, 5) is 22.7. The minimum atomic E-state index is -1.12. The van der Waals surface area contributed by atoms with Crippen LogP contribution < -0.4 is 5.32 Å². The number of alkyl carbamates (subject to hydrolysis) is 1. The first-order valence-corrected chi connectivity index (χ1v) is 6.87. The van der Waals surface area contributed by atoms with Crippen molar-refractivity contribution in [2.45, 2.75) is 38.8 Å². The predicted molar refractivity (Wildman–Crippen MR) is 82.3 cm³/mol. The molecule has 120 valence electrons. The van der Waals surface area contributed by atoms with Gasteiger partial charge in [-0.1, -0.05) is 18.2 Å². The third-order valence-electron chi connectivity index (χ3n) is 2.41. The Bertz CT molecular complexity index is 537. The molecular formula is C16H21NO5. The van der Waals surface area contributed by atoms with Crippen LogP contribution in [0, 0.1) is 0 Å². The van der Waals surface area contributed by atoms with Crippen molar-refractivity contribution >= 4 is 18.1 Å². The molecule has 0 aliphatic rings. The normalized spacial score (nSPS) is 13.4. The molecule has 1 rings (SSSR count). The topological polar surface area (TPSA) is 88.8 Å². The van der Waals surface area contributed by atoms with E-state index in [2.05, 4.69) is 5.32 Å². The SMILES string of the molecule is CC(C)(C)OC(=O)N[C@@H](CC=CC=Cc1ccco1)C(=O)O. The van der Waals surface area contributed by atoms with Crippen LogP contribution in [0.4, 0.5) is 4.79 Å². The third-order valence-corrected chi connectivity index (χ3v) is 2.41. The molecule has 22 heavy (non-hydrogen) atoms. The Morgan fingerprint density at radius 2 is 2.14 bits per heavy atom. The lowest BCUT2D eigenvalue weighted by atomic mass is 10.2. The molecule has 0 unspecified atom stereocenters. The number of hydrogen-bond donors (Lipinski definition) is 2. The number of allylic oxidation sites excluding steroid dienone is 2. The van der Waals surface area contributed by atoms with Gasteiger partial charge in [-0.05, 0) is 45.4 Å². The van der Waals surface area contributed by atoms with Gasteiger partial charge in [0.1, 0.15) is 17.4 Å². The number of amides is 1. The van der Waals surface area contributed by atoms with Gasteiger partial charge in [0.25, 0.3) is 0 Å². The highest BCUT2D eigenvalue weighted by molar-refractivity contribution is 5.80. The van der Waals surface area contributed by atoms with Crippen molar-refractivity contribution in [3.63, 3.8) is 0 Å². The van der Waals surface area contributed by atoms with Crippen LogP contribution in [-0.4, -0.2) is 28.8 Å². The van der Waals surface area contributed by atoms with Crippen LogP contribution in [0.2, 0.25) is 0 Å². The van der Waals surface area contributed by atoms with Crippen molar-refractivity contribution in [2.75, 3.05) is 0 Å². The van der Waals surface area contributed by atoms with Crippen molar-refractivity contribution in [3.05, 3.63) is 42.4 Å². The maximum Gasteiger partial charge on any atom is 0.408 e. The van der Waals surface area contributed by atoms with E-state index in [4.69, 9.17) is 14.3 Å². The summed E-state index contributed by atoms with van der Waals surface area (Å²) in [6.07, 6.45) is 7.77. The molecule has 0 bridgehead atoms.